The third-order valence-electron chi connectivity index (χ3n) is 8.97. The molecule has 0 radical (unpaired) electrons. The molecule has 0 aromatic heterocycles. The summed E-state index contributed by atoms with van der Waals surface area (Å²) in [7, 11) is 1.41. The predicted octanol–water partition coefficient (Wildman–Crippen LogP) is 4.55. The van der Waals surface area contributed by atoms with Crippen LogP contribution < -0.4 is 9.64 Å². The summed E-state index contributed by atoms with van der Waals surface area (Å²) < 4.78 is 6.22. The van der Waals surface area contributed by atoms with Crippen LogP contribution in [0.2, 0.25) is 0 Å². The fourth-order valence-corrected chi connectivity index (χ4v) is 8.10. The Labute approximate surface area is 240 Å². The fraction of sp³-hybridized carbons (Fsp3) is 0.357. The molecule has 202 valence electrons. The lowest BCUT2D eigenvalue weighted by molar-refractivity contribution is -0.173. The molecule has 2 saturated heterocycles. The van der Waals surface area contributed by atoms with Crippen molar-refractivity contribution in [3.05, 3.63) is 62.6 Å². The molecule has 4 aliphatic rings. The number of phenols is 1. The summed E-state index contributed by atoms with van der Waals surface area (Å²) in [6.45, 7) is 1.77. The van der Waals surface area contributed by atoms with Gasteiger partial charge in [0.15, 0.2) is 11.5 Å². The third-order valence-corrected chi connectivity index (χ3v) is 11.1. The van der Waals surface area contributed by atoms with Gasteiger partial charge in [-0.3, -0.25) is 24.4 Å². The van der Waals surface area contributed by atoms with E-state index in [9.17, 15) is 29.5 Å². The van der Waals surface area contributed by atoms with Gasteiger partial charge in [0, 0.05) is 10.4 Å². The molecule has 11 heteroatoms. The molecule has 2 aromatic carbocycles. The number of hydrogen-bond acceptors (Lipinski definition) is 7. The van der Waals surface area contributed by atoms with Crippen molar-refractivity contribution in [2.75, 3.05) is 12.0 Å². The van der Waals surface area contributed by atoms with E-state index < -0.39 is 46.8 Å². The van der Waals surface area contributed by atoms with Crippen LogP contribution in [0.25, 0.3) is 0 Å². The first-order valence-electron chi connectivity index (χ1n) is 12.5. The molecule has 9 nitrogen and oxygen atoms in total. The van der Waals surface area contributed by atoms with Crippen LogP contribution in [-0.4, -0.2) is 46.1 Å². The molecule has 0 bridgehead atoms. The van der Waals surface area contributed by atoms with Crippen LogP contribution >= 0.6 is 31.9 Å². The van der Waals surface area contributed by atoms with Crippen LogP contribution in [0.3, 0.4) is 0 Å². The van der Waals surface area contributed by atoms with E-state index in [2.05, 4.69) is 31.9 Å². The highest BCUT2D eigenvalue weighted by Gasteiger charge is 2.68. The van der Waals surface area contributed by atoms with Crippen LogP contribution in [-0.2, 0) is 19.2 Å². The number of imide groups is 2. The van der Waals surface area contributed by atoms with E-state index >= 15 is 0 Å². The number of anilines is 1. The van der Waals surface area contributed by atoms with Gasteiger partial charge in [-0.25, -0.2) is 4.90 Å². The molecule has 2 aliphatic carbocycles. The average Bonchev–Trinajstić information content (AvgIpc) is 3.28. The number of ether oxygens (including phenoxy) is 1. The van der Waals surface area contributed by atoms with Crippen molar-refractivity contribution in [2.45, 2.75) is 25.7 Å². The lowest BCUT2D eigenvalue weighted by atomic mass is 9.51. The number of hydroxylamine groups is 2. The minimum Gasteiger partial charge on any atom is -0.503 e. The second-order valence-corrected chi connectivity index (χ2v) is 12.2. The van der Waals surface area contributed by atoms with Crippen molar-refractivity contribution in [1.82, 2.24) is 5.06 Å². The zero-order valence-corrected chi connectivity index (χ0v) is 24.1. The Kier molecular flexibility index (Phi) is 6.05. The number of carbonyl (C=O) groups is 4. The molecule has 2 aromatic rings. The molecule has 2 aliphatic heterocycles. The molecular weight excluding hydrogens is 636 g/mol. The Bertz CT molecular complexity index is 1490. The van der Waals surface area contributed by atoms with E-state index in [0.29, 0.717) is 20.2 Å². The number of carbonyl (C=O) groups excluding carboxylic acids is 4. The van der Waals surface area contributed by atoms with Gasteiger partial charge in [0.2, 0.25) is 11.8 Å². The summed E-state index contributed by atoms with van der Waals surface area (Å²) in [5.41, 5.74) is 0.542. The number of phenolic OH excluding ortho intramolecular Hbond substituents is 1. The Hall–Kier alpha value is -3.02. The number of hydrogen-bond donors (Lipinski definition) is 2. The summed E-state index contributed by atoms with van der Waals surface area (Å²) in [6.07, 6.45) is 2.27. The average molecular weight is 660 g/mol. The second kappa shape index (κ2) is 9.00. The van der Waals surface area contributed by atoms with Gasteiger partial charge in [-0.2, -0.15) is 5.06 Å². The maximum Gasteiger partial charge on any atom is 0.257 e. The van der Waals surface area contributed by atoms with E-state index in [-0.39, 0.29) is 41.2 Å². The van der Waals surface area contributed by atoms with Crippen molar-refractivity contribution < 1.29 is 34.2 Å². The molecule has 1 saturated carbocycles. The lowest BCUT2D eigenvalue weighted by Gasteiger charge is -2.49. The maximum atomic E-state index is 14.3. The van der Waals surface area contributed by atoms with E-state index in [1.165, 1.54) is 12.0 Å². The lowest BCUT2D eigenvalue weighted by Crippen LogP contribution is -2.49. The third kappa shape index (κ3) is 3.39. The minimum absolute atomic E-state index is 0.132. The normalized spacial score (nSPS) is 31.7. The number of benzene rings is 2. The summed E-state index contributed by atoms with van der Waals surface area (Å²) in [6, 6.07) is 10.3. The van der Waals surface area contributed by atoms with E-state index in [1.807, 2.05) is 6.08 Å². The van der Waals surface area contributed by atoms with Crippen LogP contribution in [0.5, 0.6) is 11.5 Å². The first-order chi connectivity index (χ1) is 18.5. The fourth-order valence-electron chi connectivity index (χ4n) is 7.14. The van der Waals surface area contributed by atoms with E-state index in [1.54, 1.807) is 43.3 Å². The Morgan fingerprint density at radius 3 is 2.36 bits per heavy atom. The van der Waals surface area contributed by atoms with Crippen LogP contribution in [0.15, 0.2) is 57.0 Å². The zero-order chi connectivity index (χ0) is 28.0. The zero-order valence-electron chi connectivity index (χ0n) is 20.9. The summed E-state index contributed by atoms with van der Waals surface area (Å²) in [5.74, 6) is -5.70. The molecule has 39 heavy (non-hydrogen) atoms. The molecule has 2 heterocycles. The van der Waals surface area contributed by atoms with Gasteiger partial charge in [-0.05, 0) is 81.3 Å². The smallest absolute Gasteiger partial charge is 0.257 e. The molecular formula is C28H24Br2N2O7. The summed E-state index contributed by atoms with van der Waals surface area (Å²) >= 11 is 7.00. The van der Waals surface area contributed by atoms with Gasteiger partial charge in [0.25, 0.3) is 11.8 Å². The van der Waals surface area contributed by atoms with Gasteiger partial charge >= 0.3 is 0 Å². The SMILES string of the molecule is COc1cc([C@H]2C3=CC[C@@H]4C(=O)N(O)C(=O)[C@@H]4[C@@H]3C[C@H]3C(=O)N(c4ccccc4)C(=O)[C@@]23C)c(Br)c(Br)c1O. The summed E-state index contributed by atoms with van der Waals surface area (Å²) in [5, 5.41) is 21.0. The predicted molar refractivity (Wildman–Crippen MR) is 145 cm³/mol. The van der Waals surface area contributed by atoms with Crippen molar-refractivity contribution in [3.63, 3.8) is 0 Å². The summed E-state index contributed by atoms with van der Waals surface area (Å²) in [4.78, 5) is 55.4. The first kappa shape index (κ1) is 26.2. The number of aromatic hydroxyl groups is 1. The molecule has 6 atom stereocenters. The Balaban J connectivity index is 1.60. The number of amides is 4. The van der Waals surface area contributed by atoms with Crippen molar-refractivity contribution in [1.29, 1.82) is 0 Å². The van der Waals surface area contributed by atoms with Gasteiger partial charge in [-0.1, -0.05) is 29.8 Å². The molecule has 3 fully saturated rings. The Morgan fingerprint density at radius 2 is 1.69 bits per heavy atom. The number of rotatable bonds is 3. The number of halogens is 2. The van der Waals surface area contributed by atoms with Gasteiger partial charge in [0.1, 0.15) is 0 Å². The van der Waals surface area contributed by atoms with Crippen molar-refractivity contribution in [3.8, 4) is 11.5 Å². The van der Waals surface area contributed by atoms with Crippen LogP contribution in [0.1, 0.15) is 31.2 Å². The van der Waals surface area contributed by atoms with Crippen molar-refractivity contribution in [2.24, 2.45) is 29.1 Å². The maximum absolute atomic E-state index is 14.3. The Morgan fingerprint density at radius 1 is 1.00 bits per heavy atom. The standard InChI is InChI=1S/C28H24Br2N2O7/c1-28-17(25(35)31(27(28)37)12-6-4-3-5-7-12)10-15-13(8-9-14-19(15)26(36)32(38)24(14)34)20(28)16-11-18(39-2)23(33)22(30)21(16)29/h3-8,11,14-15,17,19-20,33,38H,9-10H2,1-2H3/t14-,15+,17-,19-,20+,28+/m0/s1. The van der Waals surface area contributed by atoms with Crippen molar-refractivity contribution >= 4 is 61.2 Å². The van der Waals surface area contributed by atoms with Crippen LogP contribution in [0.4, 0.5) is 5.69 Å². The monoisotopic (exact) mass is 658 g/mol. The topological polar surface area (TPSA) is 124 Å². The van der Waals surface area contributed by atoms with Gasteiger partial charge in [0.05, 0.1) is 40.4 Å². The van der Waals surface area contributed by atoms with Gasteiger partial charge < -0.3 is 9.84 Å². The number of para-hydroxylation sites is 1. The first-order valence-corrected chi connectivity index (χ1v) is 14.1. The highest BCUT2D eigenvalue weighted by molar-refractivity contribution is 9.13. The minimum atomic E-state index is -1.25. The highest BCUT2D eigenvalue weighted by atomic mass is 79.9. The number of methoxy groups -OCH3 is 1. The largest absolute Gasteiger partial charge is 0.503 e. The molecule has 4 amide bonds. The highest BCUT2D eigenvalue weighted by Crippen LogP contribution is 2.65. The molecule has 0 spiro atoms. The molecule has 2 N–H and O–H groups in total. The number of nitrogens with zero attached hydrogens (tertiary/aromatic N) is 2. The number of fused-ring (bicyclic) bond motifs is 4. The van der Waals surface area contributed by atoms with E-state index in [4.69, 9.17) is 4.74 Å². The van der Waals surface area contributed by atoms with Gasteiger partial charge in [-0.15, -0.1) is 0 Å². The molecule has 0 unspecified atom stereocenters. The van der Waals surface area contributed by atoms with Crippen LogP contribution in [0, 0.1) is 29.1 Å². The molecule has 6 rings (SSSR count). The second-order valence-electron chi connectivity index (χ2n) is 10.6. The quantitative estimate of drug-likeness (QED) is 0.282. The van der Waals surface area contributed by atoms with E-state index in [0.717, 1.165) is 5.57 Å². The number of allylic oxidation sites excluding steroid dienone is 2.